The Balaban J connectivity index is 2.16. The van der Waals surface area contributed by atoms with Gasteiger partial charge < -0.3 is 9.73 Å². The first-order valence-electron chi connectivity index (χ1n) is 6.33. The van der Waals surface area contributed by atoms with Gasteiger partial charge >= 0.3 is 0 Å². The Labute approximate surface area is 112 Å². The standard InChI is InChI=1S/C16H16N2O/c1-10-4-6-12(7-5-10)16-18-14-9-13(17-3)8-11(2)15(14)19-16/h4-9,17H,1-3H3. The van der Waals surface area contributed by atoms with E-state index in [1.165, 1.54) is 5.56 Å². The minimum atomic E-state index is 0.673. The third-order valence-electron chi connectivity index (χ3n) is 3.26. The van der Waals surface area contributed by atoms with Crippen molar-refractivity contribution >= 4 is 16.8 Å². The van der Waals surface area contributed by atoms with Gasteiger partial charge in [-0.1, -0.05) is 17.7 Å². The van der Waals surface area contributed by atoms with Gasteiger partial charge in [-0.3, -0.25) is 0 Å². The number of hydrogen-bond donors (Lipinski definition) is 1. The molecule has 0 bridgehead atoms. The molecule has 0 saturated carbocycles. The van der Waals surface area contributed by atoms with Crippen molar-refractivity contribution in [2.24, 2.45) is 0 Å². The van der Waals surface area contributed by atoms with E-state index in [-0.39, 0.29) is 0 Å². The van der Waals surface area contributed by atoms with Crippen LogP contribution in [0.5, 0.6) is 0 Å². The van der Waals surface area contributed by atoms with Gasteiger partial charge in [0.25, 0.3) is 0 Å². The van der Waals surface area contributed by atoms with Gasteiger partial charge in [0.2, 0.25) is 5.89 Å². The van der Waals surface area contributed by atoms with E-state index in [0.29, 0.717) is 5.89 Å². The van der Waals surface area contributed by atoms with Crippen LogP contribution in [0.1, 0.15) is 11.1 Å². The van der Waals surface area contributed by atoms with E-state index in [1.807, 2.05) is 32.2 Å². The Kier molecular flexibility index (Phi) is 2.75. The molecule has 0 fully saturated rings. The maximum Gasteiger partial charge on any atom is 0.227 e. The number of fused-ring (bicyclic) bond motifs is 1. The van der Waals surface area contributed by atoms with Crippen LogP contribution in [0, 0.1) is 13.8 Å². The molecule has 0 amide bonds. The topological polar surface area (TPSA) is 38.1 Å². The number of hydrogen-bond acceptors (Lipinski definition) is 3. The van der Waals surface area contributed by atoms with Gasteiger partial charge in [0.1, 0.15) is 5.52 Å². The van der Waals surface area contributed by atoms with Crippen molar-refractivity contribution in [2.45, 2.75) is 13.8 Å². The highest BCUT2D eigenvalue weighted by Gasteiger charge is 2.10. The van der Waals surface area contributed by atoms with Crippen LogP contribution in [-0.4, -0.2) is 12.0 Å². The first kappa shape index (κ1) is 11.8. The Bertz CT molecular complexity index is 726. The summed E-state index contributed by atoms with van der Waals surface area (Å²) in [5, 5.41) is 3.13. The number of aryl methyl sites for hydroxylation is 2. The van der Waals surface area contributed by atoms with Crippen LogP contribution in [0.2, 0.25) is 0 Å². The highest BCUT2D eigenvalue weighted by atomic mass is 16.3. The van der Waals surface area contributed by atoms with Gasteiger partial charge in [0.15, 0.2) is 5.58 Å². The quantitative estimate of drug-likeness (QED) is 0.744. The van der Waals surface area contributed by atoms with Crippen LogP contribution in [0.4, 0.5) is 5.69 Å². The molecule has 19 heavy (non-hydrogen) atoms. The molecule has 0 atom stereocenters. The fourth-order valence-corrected chi connectivity index (χ4v) is 2.16. The normalized spacial score (nSPS) is 10.9. The minimum Gasteiger partial charge on any atom is -0.436 e. The zero-order chi connectivity index (χ0) is 13.4. The van der Waals surface area contributed by atoms with E-state index in [0.717, 1.165) is 27.9 Å². The number of anilines is 1. The van der Waals surface area contributed by atoms with Crippen molar-refractivity contribution < 1.29 is 4.42 Å². The average Bonchev–Trinajstić information content (AvgIpc) is 2.84. The molecule has 0 unspecified atom stereocenters. The lowest BCUT2D eigenvalue weighted by Crippen LogP contribution is -1.88. The van der Waals surface area contributed by atoms with E-state index in [1.54, 1.807) is 0 Å². The summed E-state index contributed by atoms with van der Waals surface area (Å²) < 4.78 is 5.89. The maximum atomic E-state index is 5.89. The molecule has 3 aromatic rings. The zero-order valence-corrected chi connectivity index (χ0v) is 11.3. The largest absolute Gasteiger partial charge is 0.436 e. The number of rotatable bonds is 2. The fraction of sp³-hybridized carbons (Fsp3) is 0.188. The molecule has 3 rings (SSSR count). The molecule has 0 saturated heterocycles. The van der Waals surface area contributed by atoms with Crippen molar-refractivity contribution in [2.75, 3.05) is 12.4 Å². The second-order valence-corrected chi connectivity index (χ2v) is 4.78. The molecule has 0 aliphatic carbocycles. The Hall–Kier alpha value is -2.29. The number of benzene rings is 2. The van der Waals surface area contributed by atoms with E-state index >= 15 is 0 Å². The first-order valence-corrected chi connectivity index (χ1v) is 6.33. The number of oxazole rings is 1. The molecule has 3 nitrogen and oxygen atoms in total. The zero-order valence-electron chi connectivity index (χ0n) is 11.3. The van der Waals surface area contributed by atoms with Gasteiger partial charge in [-0.15, -0.1) is 0 Å². The van der Waals surface area contributed by atoms with Crippen molar-refractivity contribution in [3.05, 3.63) is 47.5 Å². The third-order valence-corrected chi connectivity index (χ3v) is 3.26. The average molecular weight is 252 g/mol. The molecule has 1 N–H and O–H groups in total. The van der Waals surface area contributed by atoms with Crippen LogP contribution in [0.3, 0.4) is 0 Å². The molecule has 0 aliphatic rings. The fourth-order valence-electron chi connectivity index (χ4n) is 2.16. The second kappa shape index (κ2) is 4.43. The van der Waals surface area contributed by atoms with Crippen molar-refractivity contribution in [3.8, 4) is 11.5 Å². The molecule has 96 valence electrons. The second-order valence-electron chi connectivity index (χ2n) is 4.78. The van der Waals surface area contributed by atoms with Gasteiger partial charge in [-0.25, -0.2) is 4.98 Å². The van der Waals surface area contributed by atoms with Crippen LogP contribution in [-0.2, 0) is 0 Å². The summed E-state index contributed by atoms with van der Waals surface area (Å²) in [6, 6.07) is 12.3. The minimum absolute atomic E-state index is 0.673. The number of nitrogens with one attached hydrogen (secondary N) is 1. The summed E-state index contributed by atoms with van der Waals surface area (Å²) in [6.07, 6.45) is 0. The molecule has 1 heterocycles. The summed E-state index contributed by atoms with van der Waals surface area (Å²) in [6.45, 7) is 4.10. The SMILES string of the molecule is CNc1cc(C)c2oc(-c3ccc(C)cc3)nc2c1. The molecule has 2 aromatic carbocycles. The van der Waals surface area contributed by atoms with Gasteiger partial charge in [0.05, 0.1) is 0 Å². The summed E-state index contributed by atoms with van der Waals surface area (Å²) in [4.78, 5) is 4.58. The van der Waals surface area contributed by atoms with E-state index < -0.39 is 0 Å². The van der Waals surface area contributed by atoms with E-state index in [2.05, 4.69) is 35.4 Å². The molecule has 0 aliphatic heterocycles. The van der Waals surface area contributed by atoms with Crippen molar-refractivity contribution in [1.29, 1.82) is 0 Å². The number of nitrogens with zero attached hydrogens (tertiary/aromatic N) is 1. The Morgan fingerprint density at radius 1 is 1.05 bits per heavy atom. The summed E-state index contributed by atoms with van der Waals surface area (Å²) >= 11 is 0. The Morgan fingerprint density at radius 2 is 1.79 bits per heavy atom. The van der Waals surface area contributed by atoms with Gasteiger partial charge in [-0.05, 0) is 43.7 Å². The maximum absolute atomic E-state index is 5.89. The monoisotopic (exact) mass is 252 g/mol. The van der Waals surface area contributed by atoms with E-state index in [4.69, 9.17) is 4.42 Å². The summed E-state index contributed by atoms with van der Waals surface area (Å²) in [5.41, 5.74) is 6.12. The first-order chi connectivity index (χ1) is 9.17. The highest BCUT2D eigenvalue weighted by molar-refractivity contribution is 5.83. The lowest BCUT2D eigenvalue weighted by Gasteiger charge is -2.00. The molecule has 0 radical (unpaired) electrons. The Morgan fingerprint density at radius 3 is 2.47 bits per heavy atom. The molecule has 1 aromatic heterocycles. The lowest BCUT2D eigenvalue weighted by atomic mass is 10.1. The lowest BCUT2D eigenvalue weighted by molar-refractivity contribution is 0.617. The van der Waals surface area contributed by atoms with Crippen LogP contribution in [0.25, 0.3) is 22.6 Å². The van der Waals surface area contributed by atoms with Crippen molar-refractivity contribution in [3.63, 3.8) is 0 Å². The molecule has 3 heteroatoms. The smallest absolute Gasteiger partial charge is 0.227 e. The van der Waals surface area contributed by atoms with Gasteiger partial charge in [0, 0.05) is 18.3 Å². The number of aromatic nitrogens is 1. The third kappa shape index (κ3) is 2.08. The molecular weight excluding hydrogens is 236 g/mol. The molecular formula is C16H16N2O. The van der Waals surface area contributed by atoms with Crippen LogP contribution in [0.15, 0.2) is 40.8 Å². The summed E-state index contributed by atoms with van der Waals surface area (Å²) in [5.74, 6) is 0.673. The van der Waals surface area contributed by atoms with Crippen LogP contribution >= 0.6 is 0 Å². The highest BCUT2D eigenvalue weighted by Crippen LogP contribution is 2.28. The molecule has 0 spiro atoms. The predicted molar refractivity (Wildman–Crippen MR) is 78.5 cm³/mol. The van der Waals surface area contributed by atoms with Crippen LogP contribution < -0.4 is 5.32 Å². The van der Waals surface area contributed by atoms with Crippen molar-refractivity contribution in [1.82, 2.24) is 4.98 Å². The van der Waals surface area contributed by atoms with E-state index in [9.17, 15) is 0 Å². The van der Waals surface area contributed by atoms with Gasteiger partial charge in [-0.2, -0.15) is 0 Å². The predicted octanol–water partition coefficient (Wildman–Crippen LogP) is 4.15. The summed E-state index contributed by atoms with van der Waals surface area (Å²) in [7, 11) is 1.90.